The Hall–Kier alpha value is -1.59. The Kier molecular flexibility index (Phi) is 3.48. The highest BCUT2D eigenvalue weighted by atomic mass is 16.2. The molecule has 1 saturated heterocycles. The van der Waals surface area contributed by atoms with E-state index < -0.39 is 11.6 Å². The monoisotopic (exact) mass is 359 g/mol. The molecule has 6 aliphatic rings. The number of rotatable bonds is 5. The number of nitrogens with one attached hydrogen (secondary N) is 2. The zero-order chi connectivity index (χ0) is 18.1. The fraction of sp³-hybridized carbons (Fsp3) is 0.850. The minimum atomic E-state index is -0.808. The van der Waals surface area contributed by atoms with Crippen LogP contribution in [0.4, 0.5) is 4.79 Å². The third-order valence-corrected chi connectivity index (χ3v) is 7.82. The van der Waals surface area contributed by atoms with Gasteiger partial charge in [-0.1, -0.05) is 0 Å². The van der Waals surface area contributed by atoms with Crippen LogP contribution in [-0.4, -0.2) is 41.4 Å². The smallest absolute Gasteiger partial charge is 0.325 e. The van der Waals surface area contributed by atoms with Gasteiger partial charge in [-0.15, -0.1) is 0 Å². The van der Waals surface area contributed by atoms with Crippen molar-refractivity contribution in [3.8, 4) is 0 Å². The van der Waals surface area contributed by atoms with Crippen molar-refractivity contribution in [2.24, 2.45) is 29.1 Å². The fourth-order valence-electron chi connectivity index (χ4n) is 6.79. The Morgan fingerprint density at radius 2 is 1.69 bits per heavy atom. The second kappa shape index (κ2) is 5.46. The summed E-state index contributed by atoms with van der Waals surface area (Å²) in [5.41, 5.74) is -0.540. The predicted octanol–water partition coefficient (Wildman–Crippen LogP) is 2.04. The van der Waals surface area contributed by atoms with Gasteiger partial charge < -0.3 is 10.6 Å². The average Bonchev–Trinajstić information content (AvgIpc) is 3.38. The van der Waals surface area contributed by atoms with Crippen molar-refractivity contribution in [3.63, 3.8) is 0 Å². The van der Waals surface area contributed by atoms with E-state index in [2.05, 4.69) is 10.6 Å². The van der Waals surface area contributed by atoms with E-state index in [0.29, 0.717) is 6.54 Å². The van der Waals surface area contributed by atoms with Gasteiger partial charge in [-0.3, -0.25) is 14.5 Å². The summed E-state index contributed by atoms with van der Waals surface area (Å²) in [6, 6.07) is -0.422. The summed E-state index contributed by atoms with van der Waals surface area (Å²) in [5.74, 6) is 2.33. The van der Waals surface area contributed by atoms with E-state index in [9.17, 15) is 14.4 Å². The van der Waals surface area contributed by atoms with Crippen molar-refractivity contribution >= 4 is 17.8 Å². The van der Waals surface area contributed by atoms with Gasteiger partial charge in [0.1, 0.15) is 12.1 Å². The van der Waals surface area contributed by atoms with Crippen molar-refractivity contribution in [2.75, 3.05) is 13.1 Å². The highest BCUT2D eigenvalue weighted by Crippen LogP contribution is 2.59. The third-order valence-electron chi connectivity index (χ3n) is 7.82. The quantitative estimate of drug-likeness (QED) is 0.738. The minimum Gasteiger partial charge on any atom is -0.354 e. The molecule has 6 heteroatoms. The van der Waals surface area contributed by atoms with Crippen molar-refractivity contribution in [1.82, 2.24) is 15.5 Å². The lowest BCUT2D eigenvalue weighted by Crippen LogP contribution is -2.52. The minimum absolute atomic E-state index is 0.153. The van der Waals surface area contributed by atoms with Gasteiger partial charge in [-0.2, -0.15) is 0 Å². The van der Waals surface area contributed by atoms with Gasteiger partial charge in [0.15, 0.2) is 0 Å². The third kappa shape index (κ3) is 2.55. The van der Waals surface area contributed by atoms with Gasteiger partial charge in [0.2, 0.25) is 5.91 Å². The Morgan fingerprint density at radius 1 is 1.12 bits per heavy atom. The number of urea groups is 1. The molecule has 1 aliphatic heterocycles. The van der Waals surface area contributed by atoms with Crippen LogP contribution in [0.25, 0.3) is 0 Å². The summed E-state index contributed by atoms with van der Waals surface area (Å²) >= 11 is 0. The highest BCUT2D eigenvalue weighted by molar-refractivity contribution is 6.09. The number of carbonyl (C=O) groups is 3. The average molecular weight is 359 g/mol. The molecular formula is C20H29N3O3. The largest absolute Gasteiger partial charge is 0.354 e. The van der Waals surface area contributed by atoms with Gasteiger partial charge in [0.05, 0.1) is 0 Å². The molecule has 1 heterocycles. The van der Waals surface area contributed by atoms with E-state index in [-0.39, 0.29) is 29.7 Å². The van der Waals surface area contributed by atoms with Crippen LogP contribution in [-0.2, 0) is 9.59 Å². The summed E-state index contributed by atoms with van der Waals surface area (Å²) in [5, 5.41) is 5.87. The van der Waals surface area contributed by atoms with Crippen LogP contribution in [0.5, 0.6) is 0 Å². The van der Waals surface area contributed by atoms with Crippen LogP contribution in [0.15, 0.2) is 0 Å². The number of imide groups is 1. The maximum Gasteiger partial charge on any atom is 0.325 e. The summed E-state index contributed by atoms with van der Waals surface area (Å²) in [6.07, 6.45) is 9.80. The maximum atomic E-state index is 12.6. The summed E-state index contributed by atoms with van der Waals surface area (Å²) < 4.78 is 0. The van der Waals surface area contributed by atoms with Crippen LogP contribution >= 0.6 is 0 Å². The SMILES string of the molecule is C[C@@]1(C2CC2)NC(=O)N(CC(=O)NCC23CC4CC(CC(C4)C2)C3)C1=O. The Balaban J connectivity index is 1.19. The first-order chi connectivity index (χ1) is 12.4. The standard InChI is InChI=1S/C20H29N3O3/c1-19(15-2-3-15)17(25)23(18(26)22-19)10-16(24)21-11-20-7-12-4-13(8-20)6-14(5-12)9-20/h12-15H,2-11H2,1H3,(H,21,24)(H,22,26)/t12?,13?,14?,19-,20?/m0/s1. The molecule has 6 rings (SSSR count). The second-order valence-corrected chi connectivity index (χ2v) is 9.99. The zero-order valence-corrected chi connectivity index (χ0v) is 15.6. The Bertz CT molecular complexity index is 636. The van der Waals surface area contributed by atoms with Crippen molar-refractivity contribution in [1.29, 1.82) is 0 Å². The van der Waals surface area contributed by atoms with Crippen molar-refractivity contribution < 1.29 is 14.4 Å². The molecule has 26 heavy (non-hydrogen) atoms. The van der Waals surface area contributed by atoms with Crippen LogP contribution in [0.1, 0.15) is 58.3 Å². The van der Waals surface area contributed by atoms with Crippen LogP contribution in [0, 0.1) is 29.1 Å². The second-order valence-electron chi connectivity index (χ2n) is 9.99. The molecule has 5 aliphatic carbocycles. The summed E-state index contributed by atoms with van der Waals surface area (Å²) in [4.78, 5) is 38.5. The molecule has 0 aromatic rings. The van der Waals surface area contributed by atoms with Gasteiger partial charge >= 0.3 is 6.03 Å². The first-order valence-corrected chi connectivity index (χ1v) is 10.3. The van der Waals surface area contributed by atoms with E-state index in [4.69, 9.17) is 0 Å². The zero-order valence-electron chi connectivity index (χ0n) is 15.6. The van der Waals surface area contributed by atoms with E-state index in [1.54, 1.807) is 6.92 Å². The molecule has 0 aromatic heterocycles. The first-order valence-electron chi connectivity index (χ1n) is 10.3. The molecule has 2 N–H and O–H groups in total. The van der Waals surface area contributed by atoms with E-state index in [1.165, 1.54) is 38.5 Å². The fourth-order valence-corrected chi connectivity index (χ4v) is 6.79. The van der Waals surface area contributed by atoms with Crippen LogP contribution in [0.2, 0.25) is 0 Å². The number of nitrogens with zero attached hydrogens (tertiary/aromatic N) is 1. The molecule has 4 bridgehead atoms. The number of hydrogen-bond acceptors (Lipinski definition) is 3. The maximum absolute atomic E-state index is 12.6. The van der Waals surface area contributed by atoms with Gasteiger partial charge in [-0.05, 0) is 87.4 Å². The predicted molar refractivity (Wildman–Crippen MR) is 95.0 cm³/mol. The van der Waals surface area contributed by atoms with Gasteiger partial charge in [-0.25, -0.2) is 4.79 Å². The molecule has 0 aromatic carbocycles. The highest BCUT2D eigenvalue weighted by Gasteiger charge is 2.56. The first kappa shape index (κ1) is 16.6. The van der Waals surface area contributed by atoms with E-state index >= 15 is 0 Å². The molecule has 6 nitrogen and oxygen atoms in total. The summed E-state index contributed by atoms with van der Waals surface area (Å²) in [7, 11) is 0. The molecule has 142 valence electrons. The molecule has 6 fully saturated rings. The molecule has 0 radical (unpaired) electrons. The van der Waals surface area contributed by atoms with Crippen LogP contribution < -0.4 is 10.6 Å². The lowest BCUT2D eigenvalue weighted by molar-refractivity contribution is -0.135. The normalized spacial score (nSPS) is 43.7. The lowest BCUT2D eigenvalue weighted by Gasteiger charge is -2.56. The van der Waals surface area contributed by atoms with Gasteiger partial charge in [0, 0.05) is 6.54 Å². The van der Waals surface area contributed by atoms with E-state index in [0.717, 1.165) is 35.5 Å². The molecule has 4 amide bonds. The Labute approximate surface area is 154 Å². The molecular weight excluding hydrogens is 330 g/mol. The number of amides is 4. The number of carbonyl (C=O) groups excluding carboxylic acids is 3. The lowest BCUT2D eigenvalue weighted by atomic mass is 9.49. The molecule has 0 unspecified atom stereocenters. The van der Waals surface area contributed by atoms with Crippen LogP contribution in [0.3, 0.4) is 0 Å². The summed E-state index contributed by atoms with van der Waals surface area (Å²) in [6.45, 7) is 2.34. The number of hydrogen-bond donors (Lipinski definition) is 2. The topological polar surface area (TPSA) is 78.5 Å². The molecule has 0 spiro atoms. The molecule has 5 saturated carbocycles. The van der Waals surface area contributed by atoms with Crippen molar-refractivity contribution in [3.05, 3.63) is 0 Å². The van der Waals surface area contributed by atoms with E-state index in [1.807, 2.05) is 0 Å². The van der Waals surface area contributed by atoms with Crippen molar-refractivity contribution in [2.45, 2.75) is 63.8 Å². The Morgan fingerprint density at radius 3 is 2.23 bits per heavy atom. The molecule has 1 atom stereocenters. The van der Waals surface area contributed by atoms with Gasteiger partial charge in [0.25, 0.3) is 5.91 Å².